The van der Waals surface area contributed by atoms with Gasteiger partial charge in [0.25, 0.3) is 0 Å². The zero-order chi connectivity index (χ0) is 11.1. The van der Waals surface area contributed by atoms with E-state index in [0.717, 1.165) is 0 Å². The number of hydrogen-bond acceptors (Lipinski definition) is 1. The smallest absolute Gasteiger partial charge is 0.0856 e. The Balaban J connectivity index is 4.86. The molecule has 0 saturated heterocycles. The van der Waals surface area contributed by atoms with Crippen LogP contribution < -0.4 is 0 Å². The van der Waals surface area contributed by atoms with Crippen LogP contribution in [0.25, 0.3) is 0 Å². The molecule has 2 heteroatoms. The minimum atomic E-state index is -0.703. The fourth-order valence-corrected chi connectivity index (χ4v) is 1.81. The predicted molar refractivity (Wildman–Crippen MR) is 62.7 cm³/mol. The predicted octanol–water partition coefficient (Wildman–Crippen LogP) is 3.28. The summed E-state index contributed by atoms with van der Waals surface area (Å²) in [6, 6.07) is 0. The molecule has 3 atom stereocenters. The normalized spacial score (nSPS) is 21.0. The molecule has 80 valence electrons. The van der Waals surface area contributed by atoms with Crippen LogP contribution >= 0.6 is 9.24 Å². The van der Waals surface area contributed by atoms with Crippen molar-refractivity contribution in [3.63, 3.8) is 0 Å². The minimum absolute atomic E-state index is 0.107. The zero-order valence-corrected chi connectivity index (χ0v) is 11.3. The molecule has 0 aromatic carbocycles. The van der Waals surface area contributed by atoms with Gasteiger partial charge in [-0.05, 0) is 16.7 Å². The molecule has 0 aliphatic rings. The summed E-state index contributed by atoms with van der Waals surface area (Å²) in [5.41, 5.74) is 0.0220. The molecule has 1 nitrogen and oxygen atoms in total. The first-order valence-corrected chi connectivity index (χ1v) is 5.49. The van der Waals surface area contributed by atoms with Crippen LogP contribution in [-0.2, 0) is 0 Å². The quantitative estimate of drug-likeness (QED) is 0.650. The number of hydrogen-bond donors (Lipinski definition) is 1. The standard InChI is InChI=1S/C11H25OP/c1-8(9(2,3)4)11(12,13)10(5,6)7/h8,12H,13H2,1-7H3. The van der Waals surface area contributed by atoms with E-state index in [1.807, 2.05) is 0 Å². The van der Waals surface area contributed by atoms with Crippen molar-refractivity contribution in [1.29, 1.82) is 0 Å². The molecule has 0 amide bonds. The molecule has 0 radical (unpaired) electrons. The fourth-order valence-electron chi connectivity index (χ4n) is 1.31. The zero-order valence-electron chi connectivity index (χ0n) is 10.1. The van der Waals surface area contributed by atoms with Gasteiger partial charge in [-0.1, -0.05) is 48.5 Å². The van der Waals surface area contributed by atoms with E-state index in [1.54, 1.807) is 0 Å². The highest BCUT2D eigenvalue weighted by atomic mass is 31.0. The van der Waals surface area contributed by atoms with Crippen molar-refractivity contribution < 1.29 is 5.11 Å². The summed E-state index contributed by atoms with van der Waals surface area (Å²) in [4.78, 5) is 0. The SMILES string of the molecule is CC(C(C)(C)C)C(O)(P)C(C)(C)C. The molecule has 0 aromatic rings. The molecular weight excluding hydrogens is 179 g/mol. The van der Waals surface area contributed by atoms with Gasteiger partial charge in [-0.2, -0.15) is 0 Å². The van der Waals surface area contributed by atoms with Crippen LogP contribution in [0.1, 0.15) is 48.5 Å². The van der Waals surface area contributed by atoms with E-state index >= 15 is 0 Å². The highest BCUT2D eigenvalue weighted by Gasteiger charge is 2.44. The van der Waals surface area contributed by atoms with Crippen molar-refractivity contribution >= 4 is 9.24 Å². The molecule has 13 heavy (non-hydrogen) atoms. The Bertz CT molecular complexity index is 172. The van der Waals surface area contributed by atoms with Gasteiger partial charge in [0.1, 0.15) is 0 Å². The van der Waals surface area contributed by atoms with Gasteiger partial charge in [0.05, 0.1) is 5.34 Å². The molecule has 0 fully saturated rings. The van der Waals surface area contributed by atoms with Crippen molar-refractivity contribution in [1.82, 2.24) is 0 Å². The Morgan fingerprint density at radius 2 is 1.31 bits per heavy atom. The third-order valence-corrected chi connectivity index (χ3v) is 4.53. The van der Waals surface area contributed by atoms with Gasteiger partial charge >= 0.3 is 0 Å². The molecule has 0 aliphatic heterocycles. The lowest BCUT2D eigenvalue weighted by atomic mass is 9.70. The molecule has 1 N–H and O–H groups in total. The first kappa shape index (κ1) is 13.4. The molecule has 0 heterocycles. The lowest BCUT2D eigenvalue weighted by Gasteiger charge is -2.47. The van der Waals surface area contributed by atoms with E-state index in [9.17, 15) is 5.11 Å². The second-order valence-corrected chi connectivity index (χ2v) is 7.04. The van der Waals surface area contributed by atoms with Crippen LogP contribution in [0, 0.1) is 16.7 Å². The van der Waals surface area contributed by atoms with E-state index in [2.05, 4.69) is 57.7 Å². The van der Waals surface area contributed by atoms with Crippen molar-refractivity contribution in [3.8, 4) is 0 Å². The summed E-state index contributed by atoms with van der Waals surface area (Å²) in [5, 5.41) is 9.71. The Labute approximate surface area is 85.5 Å². The average Bonchev–Trinajstić information content (AvgIpc) is 1.81. The Morgan fingerprint density at radius 1 is 1.00 bits per heavy atom. The first-order valence-electron chi connectivity index (χ1n) is 4.92. The van der Waals surface area contributed by atoms with Gasteiger partial charge in [0, 0.05) is 0 Å². The molecule has 0 spiro atoms. The van der Waals surface area contributed by atoms with Gasteiger partial charge in [0.15, 0.2) is 0 Å². The third-order valence-electron chi connectivity index (χ3n) is 3.16. The molecule has 0 aromatic heterocycles. The maximum Gasteiger partial charge on any atom is 0.0856 e. The van der Waals surface area contributed by atoms with E-state index in [-0.39, 0.29) is 16.7 Å². The van der Waals surface area contributed by atoms with Crippen LogP contribution in [0.4, 0.5) is 0 Å². The van der Waals surface area contributed by atoms with E-state index in [1.165, 1.54) is 0 Å². The lowest BCUT2D eigenvalue weighted by Crippen LogP contribution is -2.47. The summed E-state index contributed by atoms with van der Waals surface area (Å²) in [6.07, 6.45) is 0. The summed E-state index contributed by atoms with van der Waals surface area (Å²) in [7, 11) is 2.62. The van der Waals surface area contributed by atoms with Crippen LogP contribution in [0.2, 0.25) is 0 Å². The van der Waals surface area contributed by atoms with Gasteiger partial charge in [-0.3, -0.25) is 0 Å². The summed E-state index contributed by atoms with van der Waals surface area (Å²) >= 11 is 0. The monoisotopic (exact) mass is 204 g/mol. The maximum atomic E-state index is 10.4. The minimum Gasteiger partial charge on any atom is -0.385 e. The number of rotatable bonds is 1. The molecule has 3 unspecified atom stereocenters. The summed E-state index contributed by atoms with van der Waals surface area (Å²) < 4.78 is 0. The van der Waals surface area contributed by atoms with Gasteiger partial charge in [0.2, 0.25) is 0 Å². The molecule has 0 bridgehead atoms. The summed E-state index contributed by atoms with van der Waals surface area (Å²) in [5.74, 6) is 0.241. The lowest BCUT2D eigenvalue weighted by molar-refractivity contribution is -0.0547. The Morgan fingerprint density at radius 3 is 1.38 bits per heavy atom. The van der Waals surface area contributed by atoms with Crippen molar-refractivity contribution in [2.75, 3.05) is 0 Å². The molecule has 0 saturated carbocycles. The molecule has 0 aliphatic carbocycles. The van der Waals surface area contributed by atoms with Crippen molar-refractivity contribution in [2.24, 2.45) is 16.7 Å². The highest BCUT2D eigenvalue weighted by molar-refractivity contribution is 7.18. The second kappa shape index (κ2) is 3.51. The van der Waals surface area contributed by atoms with Crippen molar-refractivity contribution in [3.05, 3.63) is 0 Å². The van der Waals surface area contributed by atoms with E-state index < -0.39 is 5.34 Å². The summed E-state index contributed by atoms with van der Waals surface area (Å²) in [6.45, 7) is 14.8. The topological polar surface area (TPSA) is 20.2 Å². The van der Waals surface area contributed by atoms with Gasteiger partial charge in [-0.25, -0.2) is 0 Å². The molecular formula is C11H25OP. The van der Waals surface area contributed by atoms with Crippen LogP contribution in [0.5, 0.6) is 0 Å². The van der Waals surface area contributed by atoms with Crippen LogP contribution in [-0.4, -0.2) is 10.4 Å². The van der Waals surface area contributed by atoms with Crippen molar-refractivity contribution in [2.45, 2.75) is 53.8 Å². The van der Waals surface area contributed by atoms with Crippen LogP contribution in [0.15, 0.2) is 0 Å². The highest BCUT2D eigenvalue weighted by Crippen LogP contribution is 2.48. The maximum absolute atomic E-state index is 10.4. The Kier molecular flexibility index (Phi) is 3.62. The van der Waals surface area contributed by atoms with Gasteiger partial charge < -0.3 is 5.11 Å². The van der Waals surface area contributed by atoms with Gasteiger partial charge in [-0.15, -0.1) is 9.24 Å². The first-order chi connectivity index (χ1) is 5.40. The average molecular weight is 204 g/mol. The number of aliphatic hydroxyl groups is 1. The second-order valence-electron chi connectivity index (χ2n) is 6.16. The molecule has 0 rings (SSSR count). The third kappa shape index (κ3) is 2.92. The van der Waals surface area contributed by atoms with Crippen LogP contribution in [0.3, 0.4) is 0 Å². The fraction of sp³-hybridized carbons (Fsp3) is 1.00. The van der Waals surface area contributed by atoms with E-state index in [4.69, 9.17) is 0 Å². The largest absolute Gasteiger partial charge is 0.385 e. The van der Waals surface area contributed by atoms with E-state index in [0.29, 0.717) is 0 Å². The Hall–Kier alpha value is 0.390.